The number of halogens is 2. The van der Waals surface area contributed by atoms with E-state index in [1.54, 1.807) is 18.5 Å². The Bertz CT molecular complexity index is 944. The molecule has 2 heterocycles. The molecule has 0 amide bonds. The zero-order chi connectivity index (χ0) is 16.0. The summed E-state index contributed by atoms with van der Waals surface area (Å²) in [6.07, 6.45) is 0. The topological polar surface area (TPSA) is 49.1 Å². The minimum absolute atomic E-state index is 0.267. The predicted octanol–water partition coefficient (Wildman–Crippen LogP) is 3.35. The summed E-state index contributed by atoms with van der Waals surface area (Å²) in [5, 5.41) is 5.57. The molecule has 0 N–H and O–H groups in total. The normalized spacial score (nSPS) is 11.1. The second-order valence-electron chi connectivity index (χ2n) is 4.85. The molecule has 3 rings (SSSR count). The standard InChI is InChI=1S/C15H13Cl2N3O2/c1-8-13(22-3)12(15(21)19(2)18-8)20-10-7-5-4-6-9(10)11(16)14(20)17/h4-7H,1-3H3. The van der Waals surface area contributed by atoms with Gasteiger partial charge in [0.1, 0.15) is 10.8 Å². The number of aromatic nitrogens is 3. The summed E-state index contributed by atoms with van der Waals surface area (Å²) in [5.74, 6) is 0.377. The number of hydrogen-bond donors (Lipinski definition) is 0. The number of rotatable bonds is 2. The molecule has 0 atom stereocenters. The van der Waals surface area contributed by atoms with E-state index in [0.29, 0.717) is 22.2 Å². The fraction of sp³-hybridized carbons (Fsp3) is 0.200. The highest BCUT2D eigenvalue weighted by atomic mass is 35.5. The zero-order valence-electron chi connectivity index (χ0n) is 12.2. The smallest absolute Gasteiger partial charge is 0.294 e. The average molecular weight is 338 g/mol. The van der Waals surface area contributed by atoms with E-state index < -0.39 is 0 Å². The highest BCUT2D eigenvalue weighted by Crippen LogP contribution is 2.38. The maximum Gasteiger partial charge on any atom is 0.294 e. The summed E-state index contributed by atoms with van der Waals surface area (Å²) in [5.41, 5.74) is 1.30. The van der Waals surface area contributed by atoms with Gasteiger partial charge in [0.15, 0.2) is 11.4 Å². The van der Waals surface area contributed by atoms with Gasteiger partial charge in [-0.05, 0) is 13.0 Å². The van der Waals surface area contributed by atoms with E-state index in [1.807, 2.05) is 24.3 Å². The number of methoxy groups -OCH3 is 1. The maximum absolute atomic E-state index is 12.6. The summed E-state index contributed by atoms with van der Waals surface area (Å²) in [6.45, 7) is 1.77. The van der Waals surface area contributed by atoms with E-state index in [1.165, 1.54) is 11.8 Å². The molecule has 7 heteroatoms. The summed E-state index contributed by atoms with van der Waals surface area (Å²) >= 11 is 12.7. The first-order valence-corrected chi connectivity index (χ1v) is 7.29. The molecule has 0 aliphatic heterocycles. The third kappa shape index (κ3) is 2.01. The van der Waals surface area contributed by atoms with Crippen molar-refractivity contribution in [2.45, 2.75) is 6.92 Å². The minimum atomic E-state index is -0.318. The minimum Gasteiger partial charge on any atom is -0.492 e. The van der Waals surface area contributed by atoms with Gasteiger partial charge in [0, 0.05) is 12.4 Å². The quantitative estimate of drug-likeness (QED) is 0.720. The van der Waals surface area contributed by atoms with E-state index in [4.69, 9.17) is 27.9 Å². The summed E-state index contributed by atoms with van der Waals surface area (Å²) in [4.78, 5) is 12.6. The Morgan fingerprint density at radius 1 is 1.23 bits per heavy atom. The highest BCUT2D eigenvalue weighted by Gasteiger charge is 2.23. The van der Waals surface area contributed by atoms with Gasteiger partial charge in [-0.25, -0.2) is 4.68 Å². The third-order valence-corrected chi connectivity index (χ3v) is 4.36. The first-order valence-electron chi connectivity index (χ1n) is 6.54. The Balaban J connectivity index is 2.53. The molecular formula is C15H13Cl2N3O2. The number of para-hydroxylation sites is 1. The van der Waals surface area contributed by atoms with Crippen molar-refractivity contribution in [3.8, 4) is 11.4 Å². The molecule has 0 unspecified atom stereocenters. The molecule has 0 spiro atoms. The summed E-state index contributed by atoms with van der Waals surface area (Å²) in [7, 11) is 3.08. The molecule has 3 aromatic rings. The van der Waals surface area contributed by atoms with Crippen LogP contribution in [-0.2, 0) is 7.05 Å². The molecular weight excluding hydrogens is 325 g/mol. The van der Waals surface area contributed by atoms with Crippen LogP contribution in [0.3, 0.4) is 0 Å². The van der Waals surface area contributed by atoms with Gasteiger partial charge in [-0.1, -0.05) is 41.4 Å². The van der Waals surface area contributed by atoms with Gasteiger partial charge in [0.2, 0.25) is 0 Å². The Morgan fingerprint density at radius 2 is 1.91 bits per heavy atom. The molecule has 5 nitrogen and oxygen atoms in total. The van der Waals surface area contributed by atoms with Crippen LogP contribution in [0.1, 0.15) is 5.69 Å². The first kappa shape index (κ1) is 14.9. The molecule has 2 aromatic heterocycles. The lowest BCUT2D eigenvalue weighted by atomic mass is 10.2. The second kappa shape index (κ2) is 5.34. The van der Waals surface area contributed by atoms with Crippen LogP contribution in [0.4, 0.5) is 0 Å². The van der Waals surface area contributed by atoms with Crippen molar-refractivity contribution in [3.63, 3.8) is 0 Å². The van der Waals surface area contributed by atoms with E-state index in [0.717, 1.165) is 10.9 Å². The molecule has 0 saturated heterocycles. The number of hydrogen-bond acceptors (Lipinski definition) is 3. The number of aryl methyl sites for hydroxylation is 2. The fourth-order valence-electron chi connectivity index (χ4n) is 2.57. The maximum atomic E-state index is 12.6. The molecule has 0 aliphatic rings. The van der Waals surface area contributed by atoms with Gasteiger partial charge in [-0.2, -0.15) is 5.10 Å². The van der Waals surface area contributed by atoms with Crippen LogP contribution in [0.5, 0.6) is 5.75 Å². The summed E-state index contributed by atoms with van der Waals surface area (Å²) < 4.78 is 8.24. The Kier molecular flexibility index (Phi) is 3.62. The van der Waals surface area contributed by atoms with Crippen LogP contribution in [0.2, 0.25) is 10.2 Å². The lowest BCUT2D eigenvalue weighted by Crippen LogP contribution is -2.26. The number of fused-ring (bicyclic) bond motifs is 1. The van der Waals surface area contributed by atoms with Crippen molar-refractivity contribution in [2.24, 2.45) is 7.05 Å². The Hall–Kier alpha value is -1.98. The predicted molar refractivity (Wildman–Crippen MR) is 87.6 cm³/mol. The van der Waals surface area contributed by atoms with E-state index in [-0.39, 0.29) is 10.7 Å². The van der Waals surface area contributed by atoms with Gasteiger partial charge >= 0.3 is 0 Å². The van der Waals surface area contributed by atoms with Crippen LogP contribution in [0.15, 0.2) is 29.1 Å². The van der Waals surface area contributed by atoms with Crippen LogP contribution < -0.4 is 10.3 Å². The summed E-state index contributed by atoms with van der Waals surface area (Å²) in [6, 6.07) is 7.42. The van der Waals surface area contributed by atoms with Gasteiger partial charge < -0.3 is 4.74 Å². The molecule has 114 valence electrons. The second-order valence-corrected chi connectivity index (χ2v) is 5.59. The molecule has 0 bridgehead atoms. The van der Waals surface area contributed by atoms with Gasteiger partial charge in [-0.3, -0.25) is 9.36 Å². The van der Waals surface area contributed by atoms with Crippen molar-refractivity contribution < 1.29 is 4.74 Å². The van der Waals surface area contributed by atoms with Crippen molar-refractivity contribution in [1.29, 1.82) is 0 Å². The molecule has 0 fully saturated rings. The van der Waals surface area contributed by atoms with Crippen molar-refractivity contribution in [2.75, 3.05) is 7.11 Å². The Labute approximate surface area is 136 Å². The SMILES string of the molecule is COc1c(C)nn(C)c(=O)c1-n1c(Cl)c(Cl)c2ccccc21. The molecule has 0 radical (unpaired) electrons. The van der Waals surface area contributed by atoms with Crippen LogP contribution >= 0.6 is 23.2 Å². The molecule has 22 heavy (non-hydrogen) atoms. The van der Waals surface area contributed by atoms with Crippen LogP contribution in [-0.4, -0.2) is 21.5 Å². The lowest BCUT2D eigenvalue weighted by Gasteiger charge is -2.14. The third-order valence-electron chi connectivity index (χ3n) is 3.53. The number of benzene rings is 1. The van der Waals surface area contributed by atoms with Crippen molar-refractivity contribution >= 4 is 34.1 Å². The average Bonchev–Trinajstić information content (AvgIpc) is 2.75. The van der Waals surface area contributed by atoms with E-state index in [9.17, 15) is 4.79 Å². The van der Waals surface area contributed by atoms with Gasteiger partial charge in [0.05, 0.1) is 17.6 Å². The molecule has 1 aromatic carbocycles. The first-order chi connectivity index (χ1) is 10.5. The zero-order valence-corrected chi connectivity index (χ0v) is 13.7. The van der Waals surface area contributed by atoms with Crippen LogP contribution in [0.25, 0.3) is 16.6 Å². The lowest BCUT2D eigenvalue weighted by molar-refractivity contribution is 0.401. The molecule has 0 saturated carbocycles. The Morgan fingerprint density at radius 3 is 2.59 bits per heavy atom. The van der Waals surface area contributed by atoms with Crippen molar-refractivity contribution in [3.05, 3.63) is 50.5 Å². The van der Waals surface area contributed by atoms with Crippen molar-refractivity contribution in [1.82, 2.24) is 14.3 Å². The van der Waals surface area contributed by atoms with E-state index >= 15 is 0 Å². The van der Waals surface area contributed by atoms with Crippen LogP contribution in [0, 0.1) is 6.92 Å². The largest absolute Gasteiger partial charge is 0.492 e. The fourth-order valence-corrected chi connectivity index (χ4v) is 3.09. The highest BCUT2D eigenvalue weighted by molar-refractivity contribution is 6.45. The molecule has 0 aliphatic carbocycles. The number of ether oxygens (including phenoxy) is 1. The van der Waals surface area contributed by atoms with E-state index in [2.05, 4.69) is 5.10 Å². The number of nitrogens with zero attached hydrogens (tertiary/aromatic N) is 3. The van der Waals surface area contributed by atoms with Gasteiger partial charge in [-0.15, -0.1) is 0 Å². The monoisotopic (exact) mass is 337 g/mol. The van der Waals surface area contributed by atoms with Gasteiger partial charge in [0.25, 0.3) is 5.56 Å².